The molecule has 4 aromatic carbocycles. The Balaban J connectivity index is 1.38. The number of carbonyl (C=O) groups excluding carboxylic acids is 1. The molecule has 0 saturated carbocycles. The molecule has 0 aliphatic heterocycles. The molecule has 35 heavy (non-hydrogen) atoms. The number of rotatable bonds is 6. The normalized spacial score (nSPS) is 11.3. The Morgan fingerprint density at radius 1 is 0.829 bits per heavy atom. The number of hydrogen-bond donors (Lipinski definition) is 1. The summed E-state index contributed by atoms with van der Waals surface area (Å²) in [7, 11) is -2.27. The predicted molar refractivity (Wildman–Crippen MR) is 136 cm³/mol. The topological polar surface area (TPSA) is 92.5 Å². The fourth-order valence-electron chi connectivity index (χ4n) is 3.67. The number of oxazole rings is 1. The van der Waals surface area contributed by atoms with E-state index in [1.807, 2.05) is 42.5 Å². The summed E-state index contributed by atoms with van der Waals surface area (Å²) < 4.78 is 33.0. The van der Waals surface area contributed by atoms with Gasteiger partial charge in [0.25, 0.3) is 15.9 Å². The first-order valence-electron chi connectivity index (χ1n) is 10.8. The molecule has 0 unspecified atom stereocenters. The smallest absolute Gasteiger partial charge is 0.264 e. The van der Waals surface area contributed by atoms with E-state index >= 15 is 0 Å². The standard InChI is InChI=1S/C27H21N3O4S/c1-30(20-9-3-2-4-10-20)35(32,33)21-17-15-19(16-18-21)26(31)28-23-12-6-5-11-22(23)27-29-24-13-7-8-14-25(24)34-27/h2-18H,1H3,(H,28,31). The van der Waals surface area contributed by atoms with Gasteiger partial charge in [-0.1, -0.05) is 42.5 Å². The van der Waals surface area contributed by atoms with E-state index in [-0.39, 0.29) is 10.8 Å². The lowest BCUT2D eigenvalue weighted by Gasteiger charge is -2.19. The molecule has 8 heteroatoms. The van der Waals surface area contributed by atoms with Gasteiger partial charge in [0.1, 0.15) is 5.52 Å². The largest absolute Gasteiger partial charge is 0.436 e. The van der Waals surface area contributed by atoms with Crippen molar-refractivity contribution in [2.75, 3.05) is 16.7 Å². The van der Waals surface area contributed by atoms with Gasteiger partial charge in [-0.3, -0.25) is 9.10 Å². The second-order valence-corrected chi connectivity index (χ2v) is 9.79. The predicted octanol–water partition coefficient (Wildman–Crippen LogP) is 5.57. The number of hydrogen-bond acceptors (Lipinski definition) is 5. The number of para-hydroxylation sites is 4. The van der Waals surface area contributed by atoms with Gasteiger partial charge >= 0.3 is 0 Å². The van der Waals surface area contributed by atoms with Crippen molar-refractivity contribution in [3.05, 3.63) is 109 Å². The highest BCUT2D eigenvalue weighted by Gasteiger charge is 2.22. The van der Waals surface area contributed by atoms with Crippen molar-refractivity contribution in [2.24, 2.45) is 0 Å². The van der Waals surface area contributed by atoms with E-state index in [4.69, 9.17) is 4.42 Å². The van der Waals surface area contributed by atoms with Gasteiger partial charge in [0.05, 0.1) is 21.8 Å². The molecule has 1 N–H and O–H groups in total. The van der Waals surface area contributed by atoms with Gasteiger partial charge in [-0.15, -0.1) is 0 Å². The monoisotopic (exact) mass is 483 g/mol. The van der Waals surface area contributed by atoms with Crippen molar-refractivity contribution in [2.45, 2.75) is 4.90 Å². The second kappa shape index (κ2) is 9.08. The van der Waals surface area contributed by atoms with Crippen molar-refractivity contribution in [3.8, 4) is 11.5 Å². The zero-order chi connectivity index (χ0) is 24.4. The quantitative estimate of drug-likeness (QED) is 0.341. The molecule has 5 aromatic rings. The average Bonchev–Trinajstić information content (AvgIpc) is 3.33. The highest BCUT2D eigenvalue weighted by molar-refractivity contribution is 7.92. The molecule has 0 atom stereocenters. The fraction of sp³-hybridized carbons (Fsp3) is 0.0370. The molecule has 5 rings (SSSR count). The number of fused-ring (bicyclic) bond motifs is 1. The minimum Gasteiger partial charge on any atom is -0.436 e. The van der Waals surface area contributed by atoms with E-state index in [2.05, 4.69) is 10.3 Å². The van der Waals surface area contributed by atoms with Crippen molar-refractivity contribution in [1.29, 1.82) is 0 Å². The lowest BCUT2D eigenvalue weighted by Crippen LogP contribution is -2.26. The van der Waals surface area contributed by atoms with Crippen LogP contribution in [0.2, 0.25) is 0 Å². The molecule has 174 valence electrons. The van der Waals surface area contributed by atoms with Gasteiger partial charge in [-0.2, -0.15) is 0 Å². The summed E-state index contributed by atoms with van der Waals surface area (Å²) in [6.07, 6.45) is 0. The maximum atomic E-state index is 13.0. The molecule has 0 aliphatic carbocycles. The molecule has 0 bridgehead atoms. The zero-order valence-electron chi connectivity index (χ0n) is 18.8. The summed E-state index contributed by atoms with van der Waals surface area (Å²) in [4.78, 5) is 17.6. The maximum Gasteiger partial charge on any atom is 0.264 e. The summed E-state index contributed by atoms with van der Waals surface area (Å²) >= 11 is 0. The van der Waals surface area contributed by atoms with Crippen molar-refractivity contribution < 1.29 is 17.6 Å². The lowest BCUT2D eigenvalue weighted by atomic mass is 10.1. The van der Waals surface area contributed by atoms with Crippen LogP contribution in [0.15, 0.2) is 112 Å². The second-order valence-electron chi connectivity index (χ2n) is 7.82. The Hall–Kier alpha value is -4.43. The number of aromatic nitrogens is 1. The SMILES string of the molecule is CN(c1ccccc1)S(=O)(=O)c1ccc(C(=O)Nc2ccccc2-c2nc3ccccc3o2)cc1. The van der Waals surface area contributed by atoms with E-state index in [1.54, 1.807) is 36.4 Å². The number of nitrogens with one attached hydrogen (secondary N) is 1. The minimum atomic E-state index is -3.77. The van der Waals surface area contributed by atoms with Crippen LogP contribution < -0.4 is 9.62 Å². The number of anilines is 2. The first kappa shape index (κ1) is 22.4. The highest BCUT2D eigenvalue weighted by Crippen LogP contribution is 2.30. The summed E-state index contributed by atoms with van der Waals surface area (Å²) in [5.74, 6) is 0.0152. The lowest BCUT2D eigenvalue weighted by molar-refractivity contribution is 0.102. The van der Waals surface area contributed by atoms with Crippen LogP contribution >= 0.6 is 0 Å². The number of nitrogens with zero attached hydrogens (tertiary/aromatic N) is 2. The van der Waals surface area contributed by atoms with E-state index in [1.165, 1.54) is 35.6 Å². The molecular weight excluding hydrogens is 462 g/mol. The van der Waals surface area contributed by atoms with Crippen molar-refractivity contribution in [1.82, 2.24) is 4.98 Å². The van der Waals surface area contributed by atoms with Gasteiger partial charge in [-0.05, 0) is 60.7 Å². The third kappa shape index (κ3) is 4.39. The van der Waals surface area contributed by atoms with Crippen LogP contribution in [0.4, 0.5) is 11.4 Å². The number of amides is 1. The van der Waals surface area contributed by atoms with Crippen LogP contribution in [0.25, 0.3) is 22.6 Å². The Labute approximate surface area is 202 Å². The van der Waals surface area contributed by atoms with E-state index < -0.39 is 10.0 Å². The first-order valence-corrected chi connectivity index (χ1v) is 12.3. The van der Waals surface area contributed by atoms with E-state index in [0.717, 1.165) is 5.52 Å². The van der Waals surface area contributed by atoms with Gasteiger partial charge in [0, 0.05) is 12.6 Å². The Morgan fingerprint density at radius 3 is 2.23 bits per heavy atom. The first-order chi connectivity index (χ1) is 16.9. The average molecular weight is 484 g/mol. The van der Waals surface area contributed by atoms with Gasteiger partial charge in [0.2, 0.25) is 5.89 Å². The number of carbonyl (C=O) groups is 1. The van der Waals surface area contributed by atoms with Gasteiger partial charge < -0.3 is 9.73 Å². The van der Waals surface area contributed by atoms with Gasteiger partial charge in [-0.25, -0.2) is 13.4 Å². The molecule has 1 heterocycles. The summed E-state index contributed by atoms with van der Waals surface area (Å²) in [6.45, 7) is 0. The third-order valence-corrected chi connectivity index (χ3v) is 7.39. The van der Waals surface area contributed by atoms with Crippen molar-refractivity contribution in [3.63, 3.8) is 0 Å². The molecule has 0 fully saturated rings. The van der Waals surface area contributed by atoms with Crippen LogP contribution in [-0.4, -0.2) is 26.4 Å². The molecule has 1 amide bonds. The molecule has 1 aromatic heterocycles. The molecule has 0 radical (unpaired) electrons. The third-order valence-electron chi connectivity index (χ3n) is 5.59. The van der Waals surface area contributed by atoms with Crippen LogP contribution in [0.3, 0.4) is 0 Å². The molecular formula is C27H21N3O4S. The molecule has 0 spiro atoms. The Bertz CT molecular complexity index is 1580. The maximum absolute atomic E-state index is 13.0. The van der Waals surface area contributed by atoms with Crippen molar-refractivity contribution >= 4 is 38.4 Å². The van der Waals surface area contributed by atoms with E-state index in [0.29, 0.717) is 34.0 Å². The summed E-state index contributed by atoms with van der Waals surface area (Å²) in [6, 6.07) is 29.3. The fourth-order valence-corrected chi connectivity index (χ4v) is 4.87. The summed E-state index contributed by atoms with van der Waals surface area (Å²) in [5, 5.41) is 2.88. The van der Waals surface area contributed by atoms with Gasteiger partial charge in [0.15, 0.2) is 5.58 Å². The molecule has 0 saturated heterocycles. The Kier molecular flexibility index (Phi) is 5.80. The number of sulfonamides is 1. The van der Waals surface area contributed by atoms with Crippen LogP contribution in [0.5, 0.6) is 0 Å². The zero-order valence-corrected chi connectivity index (χ0v) is 19.6. The molecule has 0 aliphatic rings. The molecule has 7 nitrogen and oxygen atoms in total. The van der Waals surface area contributed by atoms with Crippen LogP contribution in [0, 0.1) is 0 Å². The van der Waals surface area contributed by atoms with Crippen LogP contribution in [-0.2, 0) is 10.0 Å². The van der Waals surface area contributed by atoms with E-state index in [9.17, 15) is 13.2 Å². The van der Waals surface area contributed by atoms with Crippen LogP contribution in [0.1, 0.15) is 10.4 Å². The Morgan fingerprint density at radius 2 is 1.49 bits per heavy atom. The minimum absolute atomic E-state index is 0.0901. The number of benzene rings is 4. The highest BCUT2D eigenvalue weighted by atomic mass is 32.2. The summed E-state index contributed by atoms with van der Waals surface area (Å²) in [5.41, 5.74) is 3.41.